The number of hydrogen-bond donors (Lipinski definition) is 0. The van der Waals surface area contributed by atoms with Crippen molar-refractivity contribution in [3.63, 3.8) is 0 Å². The van der Waals surface area contributed by atoms with Crippen molar-refractivity contribution >= 4 is 82.5 Å². The molecule has 2 aliphatic carbocycles. The molecule has 0 aromatic carbocycles. The number of unbranched alkanes of at least 4 members (excludes halogenated alkanes) is 56. The zero-order valence-corrected chi connectivity index (χ0v) is 81.9. The van der Waals surface area contributed by atoms with Crippen molar-refractivity contribution < 1.29 is 47.2 Å². The van der Waals surface area contributed by atoms with E-state index in [1.165, 1.54) is 408 Å². The molecule has 115 heavy (non-hydrogen) atoms. The third-order valence-corrected chi connectivity index (χ3v) is 38.1. The standard InChI is InChI=1S/C99H190O10P2S4/c1-7-11-15-19-23-39-51-63-83-104-95(100)71-59-47-35-27-31-43-55-67-87-112-110(113-88-68-56-44-32-28-36-48-60-72-96(101)105-84-64-52-40-24-20-16-12-8-2)108-93-79-75-91(76-80-93)99(5,6)92-77-81-94(82-78-92)109-111(114-89-69-57-45-33-29-37-49-61-73-97(102)106-85-65-53-41-25-21-17-13-9-3)115-90-70-58-46-34-30-38-50-62-74-98(103)107-86-66-54-42-26-22-18-14-10-4/h91-94H,7-90H2,1-6H3. The topological polar surface area (TPSA) is 124 Å². The Kier molecular flexibility index (Phi) is 83.3. The fraction of sp³-hybridized carbons (Fsp3) is 0.960. The van der Waals surface area contributed by atoms with Gasteiger partial charge in [0.1, 0.15) is 0 Å². The summed E-state index contributed by atoms with van der Waals surface area (Å²) in [6, 6.07) is 0. The molecule has 2 saturated carbocycles. The molecule has 0 unspecified atom stereocenters. The lowest BCUT2D eigenvalue weighted by Crippen LogP contribution is -2.38. The third kappa shape index (κ3) is 73.0. The molecule has 0 aliphatic heterocycles. The van der Waals surface area contributed by atoms with Gasteiger partial charge in [0.25, 0.3) is 0 Å². The summed E-state index contributed by atoms with van der Waals surface area (Å²) in [7, 11) is 0. The lowest BCUT2D eigenvalue weighted by atomic mass is 9.60. The molecule has 0 spiro atoms. The highest BCUT2D eigenvalue weighted by Gasteiger charge is 2.41. The molecule has 0 aromatic heterocycles. The highest BCUT2D eigenvalue weighted by molar-refractivity contribution is 8.87. The summed E-state index contributed by atoms with van der Waals surface area (Å²) < 4.78 is 36.7. The van der Waals surface area contributed by atoms with Crippen molar-refractivity contribution in [3.8, 4) is 0 Å². The first kappa shape index (κ1) is 111. The molecule has 0 aromatic rings. The Morgan fingerprint density at radius 3 is 0.591 bits per heavy atom. The predicted molar refractivity (Wildman–Crippen MR) is 512 cm³/mol. The van der Waals surface area contributed by atoms with Crippen LogP contribution in [0.2, 0.25) is 0 Å². The molecule has 10 nitrogen and oxygen atoms in total. The van der Waals surface area contributed by atoms with E-state index in [4.69, 9.17) is 28.0 Å². The molecule has 2 fully saturated rings. The molecule has 0 saturated heterocycles. The molecule has 0 amide bonds. The molecular weight excluding hydrogens is 1540 g/mol. The van der Waals surface area contributed by atoms with E-state index in [2.05, 4.69) is 87.1 Å². The number of hydrogen-bond acceptors (Lipinski definition) is 14. The maximum atomic E-state index is 12.3. The minimum Gasteiger partial charge on any atom is -0.466 e. The molecule has 2 rings (SSSR count). The number of rotatable bonds is 90. The second-order valence-corrected chi connectivity index (χ2v) is 48.3. The van der Waals surface area contributed by atoms with Gasteiger partial charge in [0.05, 0.1) is 38.6 Å². The molecule has 680 valence electrons. The average molecular weight is 1730 g/mol. The van der Waals surface area contributed by atoms with E-state index >= 15 is 0 Å². The smallest absolute Gasteiger partial charge is 0.305 e. The van der Waals surface area contributed by atoms with Crippen LogP contribution < -0.4 is 0 Å². The molecule has 16 heteroatoms. The number of ether oxygens (including phenoxy) is 4. The summed E-state index contributed by atoms with van der Waals surface area (Å²) in [5, 5.41) is 0. The first-order chi connectivity index (χ1) is 56.5. The van der Waals surface area contributed by atoms with Crippen LogP contribution in [-0.4, -0.2) is 85.5 Å². The van der Waals surface area contributed by atoms with Crippen LogP contribution in [0.3, 0.4) is 0 Å². The summed E-state index contributed by atoms with van der Waals surface area (Å²) in [5.74, 6) is 6.36. The van der Waals surface area contributed by atoms with Crippen molar-refractivity contribution in [2.24, 2.45) is 17.3 Å². The zero-order chi connectivity index (χ0) is 82.7. The van der Waals surface area contributed by atoms with Gasteiger partial charge in [-0.05, 0) is 146 Å². The summed E-state index contributed by atoms with van der Waals surface area (Å²) in [4.78, 5) is 49.3. The number of esters is 4. The number of carbonyl (C=O) groups is 4. The fourth-order valence-electron chi connectivity index (χ4n) is 16.9. The first-order valence-electron chi connectivity index (χ1n) is 50.6. The summed E-state index contributed by atoms with van der Waals surface area (Å²) in [6.45, 7) is 15.6. The van der Waals surface area contributed by atoms with E-state index in [-0.39, 0.29) is 23.9 Å². The third-order valence-electron chi connectivity index (χ3n) is 24.9. The predicted octanol–water partition coefficient (Wildman–Crippen LogP) is 35.3. The van der Waals surface area contributed by atoms with Gasteiger partial charge in [0.2, 0.25) is 0 Å². The van der Waals surface area contributed by atoms with Crippen molar-refractivity contribution in [1.82, 2.24) is 0 Å². The highest BCUT2D eigenvalue weighted by atomic mass is 33.1. The van der Waals surface area contributed by atoms with Gasteiger partial charge in [0.15, 0.2) is 13.1 Å². The van der Waals surface area contributed by atoms with Gasteiger partial charge in [0, 0.05) is 48.7 Å². The number of carbonyl (C=O) groups excluding carboxylic acids is 4. The van der Waals surface area contributed by atoms with E-state index in [1.54, 1.807) is 0 Å². The van der Waals surface area contributed by atoms with Crippen LogP contribution in [-0.2, 0) is 47.2 Å². The van der Waals surface area contributed by atoms with Gasteiger partial charge in [-0.25, -0.2) is 0 Å². The maximum Gasteiger partial charge on any atom is 0.305 e. The van der Waals surface area contributed by atoms with Crippen molar-refractivity contribution in [3.05, 3.63) is 0 Å². The van der Waals surface area contributed by atoms with Gasteiger partial charge >= 0.3 is 23.9 Å². The van der Waals surface area contributed by atoms with Crippen molar-refractivity contribution in [2.45, 2.75) is 542 Å². The lowest BCUT2D eigenvalue weighted by molar-refractivity contribution is -0.144. The summed E-state index contributed by atoms with van der Waals surface area (Å²) in [5.41, 5.74) is 0.332. The minimum atomic E-state index is -0.564. The highest BCUT2D eigenvalue weighted by Crippen LogP contribution is 2.65. The molecule has 0 radical (unpaired) electrons. The quantitative estimate of drug-likeness (QED) is 0.0248. The van der Waals surface area contributed by atoms with Crippen molar-refractivity contribution in [2.75, 3.05) is 49.4 Å². The molecule has 0 heterocycles. The van der Waals surface area contributed by atoms with Gasteiger partial charge in [-0.1, -0.05) is 421 Å². The largest absolute Gasteiger partial charge is 0.466 e. The lowest BCUT2D eigenvalue weighted by Gasteiger charge is -2.47. The van der Waals surface area contributed by atoms with Crippen LogP contribution in [0.4, 0.5) is 0 Å². The second kappa shape index (κ2) is 86.2. The Hall–Kier alpha value is 0.0600. The summed E-state index contributed by atoms with van der Waals surface area (Å²) >= 11 is 8.62. The Morgan fingerprint density at radius 1 is 0.235 bits per heavy atom. The Balaban J connectivity index is 1.82. The maximum absolute atomic E-state index is 12.3. The van der Waals surface area contributed by atoms with Gasteiger partial charge in [-0.2, -0.15) is 0 Å². The van der Waals surface area contributed by atoms with Crippen LogP contribution in [0.5, 0.6) is 0 Å². The van der Waals surface area contributed by atoms with Crippen LogP contribution in [0.25, 0.3) is 0 Å². The summed E-state index contributed by atoms with van der Waals surface area (Å²) in [6.07, 6.45) is 92.8. The van der Waals surface area contributed by atoms with Gasteiger partial charge < -0.3 is 28.0 Å². The fourth-order valence-corrected chi connectivity index (χ4v) is 30.1. The van der Waals surface area contributed by atoms with Crippen LogP contribution in [0, 0.1) is 17.3 Å². The van der Waals surface area contributed by atoms with E-state index < -0.39 is 13.1 Å². The molecule has 0 N–H and O–H groups in total. The zero-order valence-electron chi connectivity index (χ0n) is 76.8. The molecule has 0 bridgehead atoms. The van der Waals surface area contributed by atoms with E-state index in [1.807, 2.05) is 0 Å². The van der Waals surface area contributed by atoms with Gasteiger partial charge in [-0.3, -0.25) is 19.2 Å². The normalized spacial score (nSPS) is 16.0. The Bertz CT molecular complexity index is 1830. The van der Waals surface area contributed by atoms with Crippen LogP contribution in [0.15, 0.2) is 0 Å². The van der Waals surface area contributed by atoms with E-state index in [9.17, 15) is 19.2 Å². The van der Waals surface area contributed by atoms with Gasteiger partial charge in [-0.15, -0.1) is 0 Å². The van der Waals surface area contributed by atoms with E-state index in [0.29, 0.717) is 69.7 Å². The Labute approximate surface area is 732 Å². The first-order valence-corrected chi connectivity index (χ1v) is 59.5. The second-order valence-electron chi connectivity index (χ2n) is 35.9. The molecule has 0 atom stereocenters. The van der Waals surface area contributed by atoms with Crippen LogP contribution in [0.1, 0.15) is 530 Å². The molecular formula is C99H190O10P2S4. The minimum absolute atomic E-state index is 0.00410. The Morgan fingerprint density at radius 2 is 0.400 bits per heavy atom. The van der Waals surface area contributed by atoms with Crippen LogP contribution >= 0.6 is 58.6 Å². The average Bonchev–Trinajstić information content (AvgIpc) is 0.802. The molecule has 2 aliphatic rings. The monoisotopic (exact) mass is 1730 g/mol. The SMILES string of the molecule is CCCCCCCCCCOC(=O)CCCCCCCCCCSP(OC1CCC(C(C)(C)C2CCC(OP(SCCCCCCCCCCC(=O)OCCCCCCCCCC)SCCCCCCCCCCC(=O)OCCCCCCCCCC)CC2)CC1)SCCCCCCCCCCC(=O)OCCCCCCCCCC. The van der Waals surface area contributed by atoms with E-state index in [0.717, 1.165) is 88.9 Å². The van der Waals surface area contributed by atoms with Crippen molar-refractivity contribution in [1.29, 1.82) is 0 Å².